The fraction of sp³-hybridized carbons (Fsp3) is 0.444. The number of nitrogens with zero attached hydrogens (tertiary/aromatic N) is 8. The highest BCUT2D eigenvalue weighted by Crippen LogP contribution is 2.11. The molecule has 0 aliphatic heterocycles. The fourth-order valence-corrected chi connectivity index (χ4v) is 2.58. The number of hydrogen-bond acceptors (Lipinski definition) is 8. The lowest BCUT2D eigenvalue weighted by atomic mass is 10.3. The van der Waals surface area contributed by atoms with Gasteiger partial charge in [0.25, 0.3) is 0 Å². The smallest absolute Gasteiger partial charge is 0.177 e. The van der Waals surface area contributed by atoms with Crippen molar-refractivity contribution < 1.29 is 10.2 Å². The van der Waals surface area contributed by atoms with Crippen LogP contribution in [0.1, 0.15) is 62.9 Å². The largest absolute Gasteiger partial charge is 0.387 e. The zero-order chi connectivity index (χ0) is 20.3. The normalized spacial score (nSPS) is 13.4. The molecule has 0 amide bonds. The van der Waals surface area contributed by atoms with Crippen molar-refractivity contribution in [3.05, 3.63) is 47.3 Å². The number of aryl methyl sites for hydroxylation is 2. The van der Waals surface area contributed by atoms with Crippen molar-refractivity contribution in [2.45, 2.75) is 52.7 Å². The second kappa shape index (κ2) is 8.36. The first kappa shape index (κ1) is 19.8. The van der Waals surface area contributed by atoms with Gasteiger partial charge in [0.05, 0.1) is 23.6 Å². The molecule has 0 aromatic carbocycles. The summed E-state index contributed by atoms with van der Waals surface area (Å²) in [4.78, 5) is 0. The molecule has 0 saturated heterocycles. The molecule has 10 nitrogen and oxygen atoms in total. The second-order valence-corrected chi connectivity index (χ2v) is 6.35. The van der Waals surface area contributed by atoms with Crippen LogP contribution in [-0.2, 0) is 12.8 Å². The second-order valence-electron chi connectivity index (χ2n) is 6.35. The molecule has 2 N–H and O–H groups in total. The van der Waals surface area contributed by atoms with Gasteiger partial charge in [-0.1, -0.05) is 13.8 Å². The van der Waals surface area contributed by atoms with Crippen LogP contribution in [-0.4, -0.2) is 49.8 Å². The molecule has 4 aromatic rings. The lowest BCUT2D eigenvalue weighted by Crippen LogP contribution is -2.03. The third-order valence-electron chi connectivity index (χ3n) is 4.18. The summed E-state index contributed by atoms with van der Waals surface area (Å²) in [6.45, 7) is 7.36. The molecule has 4 aromatic heterocycles. The molecule has 28 heavy (non-hydrogen) atoms. The number of aliphatic hydroxyl groups is 2. The van der Waals surface area contributed by atoms with Gasteiger partial charge in [0.2, 0.25) is 0 Å². The lowest BCUT2D eigenvalue weighted by Gasteiger charge is -2.03. The van der Waals surface area contributed by atoms with Crippen LogP contribution in [0.4, 0.5) is 0 Å². The third kappa shape index (κ3) is 3.97. The van der Waals surface area contributed by atoms with Gasteiger partial charge in [-0.25, -0.2) is 0 Å². The van der Waals surface area contributed by atoms with Crippen molar-refractivity contribution in [3.63, 3.8) is 0 Å². The molecule has 4 heterocycles. The Morgan fingerprint density at radius 2 is 1.11 bits per heavy atom. The summed E-state index contributed by atoms with van der Waals surface area (Å²) in [6, 6.07) is 7.13. The highest BCUT2D eigenvalue weighted by molar-refractivity contribution is 5.37. The van der Waals surface area contributed by atoms with E-state index >= 15 is 0 Å². The van der Waals surface area contributed by atoms with E-state index in [9.17, 15) is 10.2 Å². The van der Waals surface area contributed by atoms with Crippen molar-refractivity contribution >= 4 is 11.3 Å². The van der Waals surface area contributed by atoms with E-state index in [1.165, 1.54) is 0 Å². The summed E-state index contributed by atoms with van der Waals surface area (Å²) in [5.41, 5.74) is 2.69. The van der Waals surface area contributed by atoms with Crippen LogP contribution in [0.3, 0.4) is 0 Å². The Labute approximate surface area is 161 Å². The Bertz CT molecular complexity index is 984. The summed E-state index contributed by atoms with van der Waals surface area (Å²) >= 11 is 0. The quantitative estimate of drug-likeness (QED) is 0.542. The van der Waals surface area contributed by atoms with Crippen LogP contribution >= 0.6 is 0 Å². The van der Waals surface area contributed by atoms with Gasteiger partial charge in [-0.2, -0.15) is 19.2 Å². The Balaban J connectivity index is 0.000000161. The van der Waals surface area contributed by atoms with Gasteiger partial charge in [0, 0.05) is 12.8 Å². The van der Waals surface area contributed by atoms with Crippen LogP contribution < -0.4 is 0 Å². The summed E-state index contributed by atoms with van der Waals surface area (Å²) < 4.78 is 3.34. The predicted octanol–water partition coefficient (Wildman–Crippen LogP) is 1.48. The zero-order valence-electron chi connectivity index (χ0n) is 16.4. The molecule has 0 aliphatic rings. The number of hydrogen-bond donors (Lipinski definition) is 2. The minimum Gasteiger partial charge on any atom is -0.387 e. The maximum Gasteiger partial charge on any atom is 0.177 e. The van der Waals surface area contributed by atoms with Crippen LogP contribution in [0.25, 0.3) is 11.3 Å². The van der Waals surface area contributed by atoms with E-state index in [-0.39, 0.29) is 0 Å². The van der Waals surface area contributed by atoms with E-state index < -0.39 is 12.2 Å². The van der Waals surface area contributed by atoms with Crippen LogP contribution in [0.5, 0.6) is 0 Å². The number of aromatic nitrogens is 8. The topological polar surface area (TPSA) is 127 Å². The summed E-state index contributed by atoms with van der Waals surface area (Å²) in [7, 11) is 0. The van der Waals surface area contributed by atoms with Gasteiger partial charge in [-0.05, 0) is 38.1 Å². The molecular weight excluding hydrogens is 360 g/mol. The highest BCUT2D eigenvalue weighted by Gasteiger charge is 2.09. The first-order chi connectivity index (χ1) is 13.4. The van der Waals surface area contributed by atoms with Crippen molar-refractivity contribution in [3.8, 4) is 0 Å². The molecule has 148 valence electrons. The van der Waals surface area contributed by atoms with E-state index in [0.29, 0.717) is 22.7 Å². The van der Waals surface area contributed by atoms with Gasteiger partial charge < -0.3 is 10.2 Å². The van der Waals surface area contributed by atoms with E-state index in [0.717, 1.165) is 24.5 Å². The highest BCUT2D eigenvalue weighted by atomic mass is 16.3. The van der Waals surface area contributed by atoms with Gasteiger partial charge in [0.1, 0.15) is 0 Å². The summed E-state index contributed by atoms with van der Waals surface area (Å²) in [6.07, 6.45) is 0.424. The first-order valence-electron chi connectivity index (χ1n) is 9.23. The van der Waals surface area contributed by atoms with E-state index in [4.69, 9.17) is 0 Å². The molecule has 0 aliphatic carbocycles. The average Bonchev–Trinajstić information content (AvgIpc) is 3.30. The van der Waals surface area contributed by atoms with E-state index in [1.54, 1.807) is 47.1 Å². The minimum absolute atomic E-state index is 0.563. The molecule has 0 saturated carbocycles. The molecular formula is C18H24N8O2. The Morgan fingerprint density at radius 1 is 0.714 bits per heavy atom. The minimum atomic E-state index is -0.563. The van der Waals surface area contributed by atoms with Crippen molar-refractivity contribution in [2.75, 3.05) is 0 Å². The molecule has 0 radical (unpaired) electrons. The fourth-order valence-electron chi connectivity index (χ4n) is 2.58. The first-order valence-corrected chi connectivity index (χ1v) is 9.23. The number of fused-ring (bicyclic) bond motifs is 2. The molecule has 0 fully saturated rings. The van der Waals surface area contributed by atoms with Crippen molar-refractivity contribution in [1.29, 1.82) is 0 Å². The predicted molar refractivity (Wildman–Crippen MR) is 102 cm³/mol. The van der Waals surface area contributed by atoms with E-state index in [2.05, 4.69) is 30.6 Å². The lowest BCUT2D eigenvalue weighted by molar-refractivity contribution is 0.192. The SMILES string of the molecule is CCc1nnc2ccc([C@@H](C)O)nn12.CCc1nnc2ccc([C@H](C)O)nn12. The van der Waals surface area contributed by atoms with Crippen LogP contribution in [0, 0.1) is 0 Å². The van der Waals surface area contributed by atoms with Crippen LogP contribution in [0.15, 0.2) is 24.3 Å². The number of rotatable bonds is 4. The third-order valence-corrected chi connectivity index (χ3v) is 4.18. The maximum absolute atomic E-state index is 9.37. The standard InChI is InChI=1S/2C9H12N4O/c2*1-3-8-10-11-9-5-4-7(6(2)14)12-13(8)9/h2*4-6,14H,3H2,1-2H3/t2*6-/m10/s1. The monoisotopic (exact) mass is 384 g/mol. The molecule has 0 spiro atoms. The van der Waals surface area contributed by atoms with Gasteiger partial charge in [-0.3, -0.25) is 0 Å². The zero-order valence-corrected chi connectivity index (χ0v) is 16.4. The molecule has 0 unspecified atom stereocenters. The Morgan fingerprint density at radius 3 is 1.43 bits per heavy atom. The van der Waals surface area contributed by atoms with Gasteiger partial charge in [0.15, 0.2) is 22.9 Å². The van der Waals surface area contributed by atoms with Gasteiger partial charge >= 0.3 is 0 Å². The Kier molecular flexibility index (Phi) is 5.90. The van der Waals surface area contributed by atoms with Crippen molar-refractivity contribution in [1.82, 2.24) is 39.6 Å². The van der Waals surface area contributed by atoms with E-state index in [1.807, 2.05) is 13.8 Å². The van der Waals surface area contributed by atoms with Gasteiger partial charge in [-0.15, -0.1) is 20.4 Å². The molecule has 10 heteroatoms. The maximum atomic E-state index is 9.37. The van der Waals surface area contributed by atoms with Crippen LogP contribution in [0.2, 0.25) is 0 Å². The Hall–Kier alpha value is -2.98. The molecule has 0 bridgehead atoms. The average molecular weight is 384 g/mol. The summed E-state index contributed by atoms with van der Waals surface area (Å²) in [5, 5.41) is 43.1. The molecule has 4 rings (SSSR count). The van der Waals surface area contributed by atoms with Crippen molar-refractivity contribution in [2.24, 2.45) is 0 Å². The molecule has 2 atom stereocenters. The number of aliphatic hydroxyl groups excluding tert-OH is 2. The summed E-state index contributed by atoms with van der Waals surface area (Å²) in [5.74, 6) is 1.62.